The maximum atomic E-state index is 13.3. The fourth-order valence-corrected chi connectivity index (χ4v) is 2.10. The van der Waals surface area contributed by atoms with Crippen LogP contribution in [0.3, 0.4) is 0 Å². The first kappa shape index (κ1) is 15.3. The molecule has 1 atom stereocenters. The number of amides is 1. The van der Waals surface area contributed by atoms with E-state index in [2.05, 4.69) is 5.32 Å². The molecule has 6 heteroatoms. The summed E-state index contributed by atoms with van der Waals surface area (Å²) >= 11 is 5.63. The maximum Gasteiger partial charge on any atom is 0.255 e. The Morgan fingerprint density at radius 2 is 1.95 bits per heavy atom. The van der Waals surface area contributed by atoms with Gasteiger partial charge in [-0.05, 0) is 17.7 Å². The van der Waals surface area contributed by atoms with Crippen LogP contribution in [0.2, 0.25) is 5.02 Å². The minimum Gasteiger partial charge on any atom is -0.506 e. The predicted octanol–water partition coefficient (Wildman–Crippen LogP) is 2.65. The molecule has 2 aromatic rings. The molecule has 0 aliphatic heterocycles. The van der Waals surface area contributed by atoms with Crippen molar-refractivity contribution in [3.8, 4) is 5.75 Å². The Bertz CT molecular complexity index is 649. The van der Waals surface area contributed by atoms with Gasteiger partial charge in [0.1, 0.15) is 11.6 Å². The summed E-state index contributed by atoms with van der Waals surface area (Å²) in [5, 5.41) is 21.4. The fourth-order valence-electron chi connectivity index (χ4n) is 1.89. The van der Waals surface area contributed by atoms with Crippen LogP contribution in [0.4, 0.5) is 4.39 Å². The summed E-state index contributed by atoms with van der Waals surface area (Å²) in [6.07, 6.45) is 0. The zero-order chi connectivity index (χ0) is 15.4. The number of nitrogens with one attached hydrogen (secondary N) is 1. The van der Waals surface area contributed by atoms with Crippen molar-refractivity contribution in [1.29, 1.82) is 0 Å². The van der Waals surface area contributed by atoms with Gasteiger partial charge in [-0.1, -0.05) is 41.9 Å². The maximum absolute atomic E-state index is 13.3. The highest BCUT2D eigenvalue weighted by atomic mass is 35.5. The van der Waals surface area contributed by atoms with E-state index in [9.17, 15) is 19.4 Å². The molecule has 0 unspecified atom stereocenters. The van der Waals surface area contributed by atoms with E-state index in [4.69, 9.17) is 11.6 Å². The Hall–Kier alpha value is -2.11. The van der Waals surface area contributed by atoms with Gasteiger partial charge in [0.25, 0.3) is 5.91 Å². The molecule has 2 rings (SSSR count). The minimum absolute atomic E-state index is 0.250. The van der Waals surface area contributed by atoms with Gasteiger partial charge in [-0.15, -0.1) is 0 Å². The van der Waals surface area contributed by atoms with Crippen LogP contribution < -0.4 is 5.32 Å². The van der Waals surface area contributed by atoms with E-state index >= 15 is 0 Å². The number of rotatable bonds is 4. The number of aliphatic hydroxyl groups excluding tert-OH is 1. The summed E-state index contributed by atoms with van der Waals surface area (Å²) in [6.45, 7) is -0.334. The van der Waals surface area contributed by atoms with Crippen LogP contribution in [0.25, 0.3) is 0 Å². The highest BCUT2D eigenvalue weighted by Gasteiger charge is 2.19. The summed E-state index contributed by atoms with van der Waals surface area (Å²) in [6, 6.07) is 9.93. The van der Waals surface area contributed by atoms with Crippen LogP contribution >= 0.6 is 11.6 Å². The van der Waals surface area contributed by atoms with Crippen molar-refractivity contribution in [2.24, 2.45) is 0 Å². The number of hydrogen-bond acceptors (Lipinski definition) is 3. The first-order valence-electron chi connectivity index (χ1n) is 6.17. The third-order valence-electron chi connectivity index (χ3n) is 2.96. The molecule has 4 nitrogen and oxygen atoms in total. The van der Waals surface area contributed by atoms with Gasteiger partial charge in [-0.2, -0.15) is 0 Å². The van der Waals surface area contributed by atoms with Crippen molar-refractivity contribution in [2.75, 3.05) is 6.61 Å². The van der Waals surface area contributed by atoms with E-state index in [1.165, 1.54) is 0 Å². The van der Waals surface area contributed by atoms with Crippen molar-refractivity contribution >= 4 is 17.5 Å². The summed E-state index contributed by atoms with van der Waals surface area (Å²) < 4.78 is 13.3. The number of phenolic OH excluding ortho intramolecular Hbond substituents is 1. The lowest BCUT2D eigenvalue weighted by molar-refractivity contribution is 0.0913. The average Bonchev–Trinajstić information content (AvgIpc) is 2.49. The molecule has 3 N–H and O–H groups in total. The molecule has 2 aromatic carbocycles. The normalized spacial score (nSPS) is 12.0. The lowest BCUT2D eigenvalue weighted by Crippen LogP contribution is -2.30. The van der Waals surface area contributed by atoms with E-state index in [0.29, 0.717) is 5.56 Å². The van der Waals surface area contributed by atoms with Gasteiger partial charge in [0.15, 0.2) is 0 Å². The van der Waals surface area contributed by atoms with Crippen molar-refractivity contribution in [2.45, 2.75) is 6.04 Å². The van der Waals surface area contributed by atoms with Gasteiger partial charge in [0.05, 0.1) is 23.2 Å². The summed E-state index contributed by atoms with van der Waals surface area (Å²) in [7, 11) is 0. The Morgan fingerprint density at radius 3 is 2.57 bits per heavy atom. The number of aromatic hydroxyl groups is 1. The predicted molar refractivity (Wildman–Crippen MR) is 76.8 cm³/mol. The highest BCUT2D eigenvalue weighted by molar-refractivity contribution is 6.32. The molecular weight excluding hydrogens is 297 g/mol. The van der Waals surface area contributed by atoms with Crippen LogP contribution in [-0.2, 0) is 0 Å². The van der Waals surface area contributed by atoms with E-state index in [-0.39, 0.29) is 17.2 Å². The van der Waals surface area contributed by atoms with Gasteiger partial charge in [0.2, 0.25) is 0 Å². The van der Waals surface area contributed by atoms with Crippen LogP contribution in [0.15, 0.2) is 42.5 Å². The van der Waals surface area contributed by atoms with Gasteiger partial charge >= 0.3 is 0 Å². The van der Waals surface area contributed by atoms with Crippen molar-refractivity contribution in [3.05, 3.63) is 64.4 Å². The highest BCUT2D eigenvalue weighted by Crippen LogP contribution is 2.29. The van der Waals surface area contributed by atoms with Gasteiger partial charge in [-0.3, -0.25) is 4.79 Å². The Balaban J connectivity index is 2.25. The zero-order valence-electron chi connectivity index (χ0n) is 10.9. The molecule has 0 heterocycles. The van der Waals surface area contributed by atoms with Gasteiger partial charge < -0.3 is 15.5 Å². The first-order valence-corrected chi connectivity index (χ1v) is 6.55. The van der Waals surface area contributed by atoms with Crippen molar-refractivity contribution < 1.29 is 19.4 Å². The lowest BCUT2D eigenvalue weighted by Gasteiger charge is -2.17. The molecule has 0 saturated carbocycles. The number of aliphatic hydroxyl groups is 1. The van der Waals surface area contributed by atoms with Crippen molar-refractivity contribution in [3.63, 3.8) is 0 Å². The topological polar surface area (TPSA) is 69.6 Å². The van der Waals surface area contributed by atoms with E-state index < -0.39 is 23.5 Å². The van der Waals surface area contributed by atoms with Gasteiger partial charge in [-0.25, -0.2) is 4.39 Å². The van der Waals surface area contributed by atoms with E-state index in [1.807, 2.05) is 0 Å². The van der Waals surface area contributed by atoms with Crippen LogP contribution in [0.5, 0.6) is 5.75 Å². The second kappa shape index (κ2) is 6.56. The third kappa shape index (κ3) is 3.51. The molecular formula is C15H13ClFNO3. The standard InChI is InChI=1S/C15H13ClFNO3/c16-12-7-10(17)6-11(14(12)20)15(21)18-13(8-19)9-4-2-1-3-5-9/h1-7,13,19-20H,8H2,(H,18,21)/t13-/m1/s1. The third-order valence-corrected chi connectivity index (χ3v) is 3.25. The molecule has 0 spiro atoms. The Labute approximate surface area is 125 Å². The smallest absolute Gasteiger partial charge is 0.255 e. The number of phenols is 1. The molecule has 0 aliphatic rings. The number of carbonyl (C=O) groups is 1. The molecule has 0 fully saturated rings. The number of halogens is 2. The second-order valence-corrected chi connectivity index (χ2v) is 4.81. The molecule has 0 bridgehead atoms. The number of carbonyl (C=O) groups excluding carboxylic acids is 1. The molecule has 0 saturated heterocycles. The summed E-state index contributed by atoms with van der Waals surface area (Å²) in [4.78, 5) is 12.1. The summed E-state index contributed by atoms with van der Waals surface area (Å²) in [5.41, 5.74) is 0.407. The van der Waals surface area contributed by atoms with Crippen LogP contribution in [0.1, 0.15) is 22.0 Å². The summed E-state index contributed by atoms with van der Waals surface area (Å²) in [5.74, 6) is -1.96. The van der Waals surface area contributed by atoms with Crippen LogP contribution in [0, 0.1) is 5.82 Å². The van der Waals surface area contributed by atoms with E-state index in [0.717, 1.165) is 12.1 Å². The van der Waals surface area contributed by atoms with E-state index in [1.54, 1.807) is 30.3 Å². The largest absolute Gasteiger partial charge is 0.506 e. The molecule has 0 aromatic heterocycles. The first-order chi connectivity index (χ1) is 10.0. The molecule has 21 heavy (non-hydrogen) atoms. The monoisotopic (exact) mass is 309 g/mol. The van der Waals surface area contributed by atoms with Crippen LogP contribution in [-0.4, -0.2) is 22.7 Å². The minimum atomic E-state index is -0.733. The SMILES string of the molecule is O=C(N[C@H](CO)c1ccccc1)c1cc(F)cc(Cl)c1O. The number of hydrogen-bond donors (Lipinski definition) is 3. The molecule has 1 amide bonds. The molecule has 110 valence electrons. The number of benzene rings is 2. The molecule has 0 radical (unpaired) electrons. The average molecular weight is 310 g/mol. The molecule has 0 aliphatic carbocycles. The van der Waals surface area contributed by atoms with Gasteiger partial charge in [0, 0.05) is 0 Å². The second-order valence-electron chi connectivity index (χ2n) is 4.40. The Morgan fingerprint density at radius 1 is 1.29 bits per heavy atom. The Kier molecular flexibility index (Phi) is 4.77. The fraction of sp³-hybridized carbons (Fsp3) is 0.133. The van der Waals surface area contributed by atoms with Crippen molar-refractivity contribution in [1.82, 2.24) is 5.32 Å². The zero-order valence-corrected chi connectivity index (χ0v) is 11.6. The quantitative estimate of drug-likeness (QED) is 0.813. The lowest BCUT2D eigenvalue weighted by atomic mass is 10.1.